The van der Waals surface area contributed by atoms with Crippen LogP contribution in [-0.4, -0.2) is 11.5 Å². The molecule has 0 saturated heterocycles. The van der Waals surface area contributed by atoms with Crippen molar-refractivity contribution >= 4 is 0 Å². The van der Waals surface area contributed by atoms with Crippen LogP contribution in [0.4, 0.5) is 4.39 Å². The first-order valence-corrected chi connectivity index (χ1v) is 7.56. The van der Waals surface area contributed by atoms with Gasteiger partial charge in [-0.1, -0.05) is 26.0 Å². The lowest BCUT2D eigenvalue weighted by atomic mass is 9.94. The minimum Gasteiger partial charge on any atom is -0.330 e. The van der Waals surface area contributed by atoms with Crippen LogP contribution in [0.5, 0.6) is 0 Å². The quantitative estimate of drug-likeness (QED) is 0.880. The molecule has 1 aromatic carbocycles. The maximum Gasteiger partial charge on any atom is 0.123 e. The van der Waals surface area contributed by atoms with Crippen LogP contribution < -0.4 is 5.73 Å². The van der Waals surface area contributed by atoms with Gasteiger partial charge >= 0.3 is 0 Å². The summed E-state index contributed by atoms with van der Waals surface area (Å²) in [6, 6.07) is 9.13. The summed E-state index contributed by atoms with van der Waals surface area (Å²) in [7, 11) is 0. The Kier molecular flexibility index (Phi) is 5.45. The van der Waals surface area contributed by atoms with Gasteiger partial charge in [0.2, 0.25) is 0 Å². The van der Waals surface area contributed by atoms with E-state index in [1.165, 1.54) is 17.2 Å². The number of benzene rings is 1. The average Bonchev–Trinajstić information content (AvgIpc) is 2.52. The van der Waals surface area contributed by atoms with E-state index in [-0.39, 0.29) is 11.7 Å². The van der Waals surface area contributed by atoms with E-state index in [2.05, 4.69) is 24.9 Å². The monoisotopic (exact) mass is 286 g/mol. The fourth-order valence-corrected chi connectivity index (χ4v) is 2.66. The van der Waals surface area contributed by atoms with Gasteiger partial charge in [-0.15, -0.1) is 0 Å². The first-order valence-electron chi connectivity index (χ1n) is 7.56. The van der Waals surface area contributed by atoms with Crippen molar-refractivity contribution < 1.29 is 4.39 Å². The zero-order valence-corrected chi connectivity index (χ0v) is 12.8. The van der Waals surface area contributed by atoms with Gasteiger partial charge in [0.1, 0.15) is 5.82 Å². The summed E-state index contributed by atoms with van der Waals surface area (Å²) in [6.45, 7) is 4.78. The van der Waals surface area contributed by atoms with Crippen molar-refractivity contribution in [3.05, 3.63) is 64.7 Å². The zero-order chi connectivity index (χ0) is 15.2. The second-order valence-electron chi connectivity index (χ2n) is 5.45. The van der Waals surface area contributed by atoms with E-state index in [0.29, 0.717) is 6.54 Å². The molecule has 0 fully saturated rings. The summed E-state index contributed by atoms with van der Waals surface area (Å²) in [4.78, 5) is 4.47. The molecule has 0 saturated carbocycles. The Morgan fingerprint density at radius 1 is 1.14 bits per heavy atom. The Bertz CT molecular complexity index is 596. The van der Waals surface area contributed by atoms with E-state index in [1.54, 1.807) is 6.07 Å². The summed E-state index contributed by atoms with van der Waals surface area (Å²) in [5.74, 6) is 0.0864. The number of nitrogens with two attached hydrogens (primary N) is 1. The molecule has 0 aliphatic heterocycles. The number of aromatic nitrogens is 1. The highest BCUT2D eigenvalue weighted by molar-refractivity contribution is 5.30. The van der Waals surface area contributed by atoms with Crippen LogP contribution in [0.3, 0.4) is 0 Å². The van der Waals surface area contributed by atoms with E-state index >= 15 is 0 Å². The lowest BCUT2D eigenvalue weighted by Crippen LogP contribution is -2.13. The highest BCUT2D eigenvalue weighted by atomic mass is 19.1. The lowest BCUT2D eigenvalue weighted by Gasteiger charge is -2.14. The molecule has 1 atom stereocenters. The van der Waals surface area contributed by atoms with Crippen molar-refractivity contribution in [3.8, 4) is 0 Å². The van der Waals surface area contributed by atoms with E-state index in [1.807, 2.05) is 18.3 Å². The Hall–Kier alpha value is -1.74. The highest BCUT2D eigenvalue weighted by Crippen LogP contribution is 2.20. The SMILES string of the molecule is CCc1ccc(F)cc1CCc1cccnc1[C@H](C)CN. The predicted molar refractivity (Wildman–Crippen MR) is 84.9 cm³/mol. The van der Waals surface area contributed by atoms with Crippen molar-refractivity contribution in [2.75, 3.05) is 6.54 Å². The number of rotatable bonds is 6. The first kappa shape index (κ1) is 15.6. The second kappa shape index (κ2) is 7.32. The number of aryl methyl sites for hydroxylation is 3. The van der Waals surface area contributed by atoms with Crippen LogP contribution in [0.25, 0.3) is 0 Å². The van der Waals surface area contributed by atoms with Crippen LogP contribution in [0.1, 0.15) is 42.1 Å². The number of pyridine rings is 1. The van der Waals surface area contributed by atoms with E-state index in [4.69, 9.17) is 5.73 Å². The molecule has 2 nitrogen and oxygen atoms in total. The third kappa shape index (κ3) is 3.88. The predicted octanol–water partition coefficient (Wildman–Crippen LogP) is 3.63. The van der Waals surface area contributed by atoms with Gasteiger partial charge in [-0.25, -0.2) is 4.39 Å². The molecule has 0 aliphatic carbocycles. The third-order valence-electron chi connectivity index (χ3n) is 3.96. The smallest absolute Gasteiger partial charge is 0.123 e. The molecule has 1 aromatic heterocycles. The average molecular weight is 286 g/mol. The van der Waals surface area contributed by atoms with E-state index < -0.39 is 0 Å². The maximum absolute atomic E-state index is 13.4. The summed E-state index contributed by atoms with van der Waals surface area (Å²) in [6.07, 6.45) is 4.43. The first-order chi connectivity index (χ1) is 10.2. The van der Waals surface area contributed by atoms with Gasteiger partial charge in [-0.05, 0) is 54.2 Å². The summed E-state index contributed by atoms with van der Waals surface area (Å²) in [5, 5.41) is 0. The summed E-state index contributed by atoms with van der Waals surface area (Å²) < 4.78 is 13.4. The topological polar surface area (TPSA) is 38.9 Å². The highest BCUT2D eigenvalue weighted by Gasteiger charge is 2.11. The minimum absolute atomic E-state index is 0.163. The Morgan fingerprint density at radius 3 is 2.62 bits per heavy atom. The minimum atomic E-state index is -0.163. The second-order valence-corrected chi connectivity index (χ2v) is 5.45. The van der Waals surface area contributed by atoms with Gasteiger partial charge in [-0.2, -0.15) is 0 Å². The molecule has 0 spiro atoms. The molecule has 112 valence electrons. The number of nitrogens with zero attached hydrogens (tertiary/aromatic N) is 1. The lowest BCUT2D eigenvalue weighted by molar-refractivity contribution is 0.623. The summed E-state index contributed by atoms with van der Waals surface area (Å²) >= 11 is 0. The van der Waals surface area contributed by atoms with Crippen LogP contribution in [0.2, 0.25) is 0 Å². The third-order valence-corrected chi connectivity index (χ3v) is 3.96. The molecule has 2 aromatic rings. The van der Waals surface area contributed by atoms with Crippen LogP contribution >= 0.6 is 0 Å². The molecule has 0 unspecified atom stereocenters. The molecule has 3 heteroatoms. The number of hydrogen-bond acceptors (Lipinski definition) is 2. The Labute approximate surface area is 126 Å². The van der Waals surface area contributed by atoms with Crippen molar-refractivity contribution in [2.24, 2.45) is 5.73 Å². The molecule has 21 heavy (non-hydrogen) atoms. The van der Waals surface area contributed by atoms with Gasteiger partial charge < -0.3 is 5.73 Å². The summed E-state index contributed by atoms with van der Waals surface area (Å²) in [5.41, 5.74) is 10.3. The normalized spacial score (nSPS) is 12.4. The molecular formula is C18H23FN2. The van der Waals surface area contributed by atoms with E-state index in [0.717, 1.165) is 30.5 Å². The standard InChI is InChI=1S/C18H23FN2/c1-3-14-8-9-17(19)11-16(14)7-6-15-5-4-10-21-18(15)13(2)12-20/h4-5,8-11,13H,3,6-7,12,20H2,1-2H3/t13-/m1/s1. The fraction of sp³-hybridized carbons (Fsp3) is 0.389. The largest absolute Gasteiger partial charge is 0.330 e. The Balaban J connectivity index is 2.19. The van der Waals surface area contributed by atoms with E-state index in [9.17, 15) is 4.39 Å². The van der Waals surface area contributed by atoms with Gasteiger partial charge in [0, 0.05) is 24.4 Å². The zero-order valence-electron chi connectivity index (χ0n) is 12.8. The van der Waals surface area contributed by atoms with Gasteiger partial charge in [0.05, 0.1) is 0 Å². The molecule has 0 radical (unpaired) electrons. The Morgan fingerprint density at radius 2 is 1.90 bits per heavy atom. The number of hydrogen-bond donors (Lipinski definition) is 1. The molecule has 0 aliphatic rings. The molecule has 2 rings (SSSR count). The molecule has 2 N–H and O–H groups in total. The number of halogens is 1. The molecule has 0 bridgehead atoms. The van der Waals surface area contributed by atoms with Crippen molar-refractivity contribution in [1.29, 1.82) is 0 Å². The van der Waals surface area contributed by atoms with Crippen LogP contribution in [-0.2, 0) is 19.3 Å². The van der Waals surface area contributed by atoms with Crippen molar-refractivity contribution in [2.45, 2.75) is 39.0 Å². The maximum atomic E-state index is 13.4. The molecule has 0 amide bonds. The molecule has 1 heterocycles. The van der Waals surface area contributed by atoms with Crippen molar-refractivity contribution in [3.63, 3.8) is 0 Å². The van der Waals surface area contributed by atoms with Gasteiger partial charge in [-0.3, -0.25) is 4.98 Å². The molecular weight excluding hydrogens is 263 g/mol. The van der Waals surface area contributed by atoms with Gasteiger partial charge in [0.15, 0.2) is 0 Å². The van der Waals surface area contributed by atoms with Gasteiger partial charge in [0.25, 0.3) is 0 Å². The van der Waals surface area contributed by atoms with Crippen molar-refractivity contribution in [1.82, 2.24) is 4.98 Å². The van der Waals surface area contributed by atoms with Crippen LogP contribution in [0, 0.1) is 5.82 Å². The fourth-order valence-electron chi connectivity index (χ4n) is 2.66. The van der Waals surface area contributed by atoms with Crippen LogP contribution in [0.15, 0.2) is 36.5 Å².